The molecule has 0 spiro atoms. The highest BCUT2D eigenvalue weighted by molar-refractivity contribution is 7.18. The second kappa shape index (κ2) is 7.51. The summed E-state index contributed by atoms with van der Waals surface area (Å²) >= 11 is 1.73. The number of hydrogen-bond donors (Lipinski definition) is 2. The van der Waals surface area contributed by atoms with Crippen LogP contribution in [0.1, 0.15) is 30.3 Å². The lowest BCUT2D eigenvalue weighted by Crippen LogP contribution is -3.14. The maximum absolute atomic E-state index is 13.3. The molecule has 0 saturated carbocycles. The number of anilines is 1. The summed E-state index contributed by atoms with van der Waals surface area (Å²) < 4.78 is 14.5. The molecular formula is C20H21FN3OS+. The van der Waals surface area contributed by atoms with Crippen molar-refractivity contribution in [1.82, 2.24) is 4.98 Å². The zero-order chi connectivity index (χ0) is 17.9. The third-order valence-electron chi connectivity index (χ3n) is 4.84. The van der Waals surface area contributed by atoms with E-state index in [0.717, 1.165) is 36.3 Å². The van der Waals surface area contributed by atoms with Crippen molar-refractivity contribution in [3.8, 4) is 0 Å². The Hall–Kier alpha value is -2.31. The van der Waals surface area contributed by atoms with Crippen LogP contribution in [0.4, 0.5) is 10.1 Å². The fourth-order valence-electron chi connectivity index (χ4n) is 3.61. The Bertz CT molecular complexity index is 893. The van der Waals surface area contributed by atoms with Gasteiger partial charge in [-0.1, -0.05) is 18.2 Å². The molecule has 0 aliphatic carbocycles. The van der Waals surface area contributed by atoms with Gasteiger partial charge in [-0.3, -0.25) is 4.79 Å². The van der Waals surface area contributed by atoms with Gasteiger partial charge in [0, 0.05) is 12.1 Å². The maximum Gasteiger partial charge on any atom is 0.279 e. The first-order valence-corrected chi connectivity index (χ1v) is 9.76. The average molecular weight is 370 g/mol. The summed E-state index contributed by atoms with van der Waals surface area (Å²) in [5.41, 5.74) is 1.53. The van der Waals surface area contributed by atoms with E-state index < -0.39 is 0 Å². The molecule has 4 rings (SSSR count). The molecule has 1 aromatic heterocycles. The second-order valence-corrected chi connectivity index (χ2v) is 7.77. The monoisotopic (exact) mass is 370 g/mol. The number of fused-ring (bicyclic) bond motifs is 1. The Labute approximate surface area is 155 Å². The summed E-state index contributed by atoms with van der Waals surface area (Å²) in [7, 11) is 0. The second-order valence-electron chi connectivity index (χ2n) is 6.71. The number of halogens is 1. The van der Waals surface area contributed by atoms with Gasteiger partial charge in [0.25, 0.3) is 5.91 Å². The summed E-state index contributed by atoms with van der Waals surface area (Å²) in [5.74, 6) is -0.431. The highest BCUT2D eigenvalue weighted by Crippen LogP contribution is 2.28. The Morgan fingerprint density at radius 3 is 2.96 bits per heavy atom. The van der Waals surface area contributed by atoms with Gasteiger partial charge < -0.3 is 10.2 Å². The molecule has 1 aliphatic rings. The highest BCUT2D eigenvalue weighted by Gasteiger charge is 2.31. The molecular weight excluding hydrogens is 349 g/mol. The molecule has 1 aliphatic heterocycles. The summed E-state index contributed by atoms with van der Waals surface area (Å²) in [6.07, 6.45) is 3.32. The third-order valence-corrected chi connectivity index (χ3v) is 5.99. The van der Waals surface area contributed by atoms with Crippen LogP contribution in [0.5, 0.6) is 0 Å². The Balaban J connectivity index is 1.49. The predicted octanol–water partition coefficient (Wildman–Crippen LogP) is 3.18. The molecule has 1 saturated heterocycles. The molecule has 2 aromatic carbocycles. The molecule has 1 unspecified atom stereocenters. The van der Waals surface area contributed by atoms with Crippen molar-refractivity contribution in [3.05, 3.63) is 59.4 Å². The van der Waals surface area contributed by atoms with E-state index in [1.807, 2.05) is 18.2 Å². The van der Waals surface area contributed by atoms with Crippen LogP contribution in [0.15, 0.2) is 48.5 Å². The topological polar surface area (TPSA) is 46.4 Å². The lowest BCUT2D eigenvalue weighted by molar-refractivity contribution is -0.929. The van der Waals surface area contributed by atoms with E-state index in [1.54, 1.807) is 23.5 Å². The van der Waals surface area contributed by atoms with Gasteiger partial charge in [0.05, 0.1) is 16.8 Å². The zero-order valence-corrected chi connectivity index (χ0v) is 15.2. The number of para-hydroxylation sites is 1. The number of nitrogens with zero attached hydrogens (tertiary/aromatic N) is 1. The largest absolute Gasteiger partial charge is 0.321 e. The molecule has 1 fully saturated rings. The van der Waals surface area contributed by atoms with Crippen molar-refractivity contribution in [2.24, 2.45) is 0 Å². The smallest absolute Gasteiger partial charge is 0.279 e. The summed E-state index contributed by atoms with van der Waals surface area (Å²) in [6, 6.07) is 14.4. The Kier molecular flexibility index (Phi) is 4.95. The first-order chi connectivity index (χ1) is 12.7. The lowest BCUT2D eigenvalue weighted by Gasteiger charge is -2.30. The molecule has 134 valence electrons. The highest BCUT2D eigenvalue weighted by atomic mass is 32.1. The van der Waals surface area contributed by atoms with Crippen molar-refractivity contribution in [3.63, 3.8) is 0 Å². The number of piperidine rings is 1. The van der Waals surface area contributed by atoms with Gasteiger partial charge in [-0.25, -0.2) is 9.37 Å². The lowest BCUT2D eigenvalue weighted by atomic mass is 10.0. The van der Waals surface area contributed by atoms with E-state index in [-0.39, 0.29) is 17.8 Å². The molecule has 4 nitrogen and oxygen atoms in total. The third kappa shape index (κ3) is 3.76. The standard InChI is InChI=1S/C20H20FN3OS/c21-14-6-5-7-15(12-14)22-19(25)13-24-11-4-3-9-17(24)20-23-16-8-1-2-10-18(16)26-20/h1-2,5-8,10,12,17H,3-4,9,11,13H2,(H,22,25)/p+1/t17-/m1/s1. The van der Waals surface area contributed by atoms with Crippen LogP contribution in [0.25, 0.3) is 10.2 Å². The molecule has 26 heavy (non-hydrogen) atoms. The number of rotatable bonds is 4. The molecule has 6 heteroatoms. The van der Waals surface area contributed by atoms with Gasteiger partial charge in [0.1, 0.15) is 11.9 Å². The SMILES string of the molecule is O=C(C[NH+]1CCCC[C@@H]1c1nc2ccccc2s1)Nc1cccc(F)c1. The van der Waals surface area contributed by atoms with Gasteiger partial charge >= 0.3 is 0 Å². The van der Waals surface area contributed by atoms with Crippen molar-refractivity contribution in [2.75, 3.05) is 18.4 Å². The number of thiazole rings is 1. The van der Waals surface area contributed by atoms with Crippen LogP contribution in [0.3, 0.4) is 0 Å². The van der Waals surface area contributed by atoms with Crippen LogP contribution in [-0.2, 0) is 4.79 Å². The molecule has 3 aromatic rings. The van der Waals surface area contributed by atoms with Gasteiger partial charge in [0.2, 0.25) is 0 Å². The first kappa shape index (κ1) is 17.1. The van der Waals surface area contributed by atoms with E-state index in [9.17, 15) is 9.18 Å². The van der Waals surface area contributed by atoms with Gasteiger partial charge in [-0.05, 0) is 43.2 Å². The van der Waals surface area contributed by atoms with Gasteiger partial charge in [0.15, 0.2) is 11.6 Å². The van der Waals surface area contributed by atoms with Gasteiger partial charge in [-0.15, -0.1) is 11.3 Å². The predicted molar refractivity (Wildman–Crippen MR) is 102 cm³/mol. The van der Waals surface area contributed by atoms with Crippen LogP contribution in [-0.4, -0.2) is 24.0 Å². The van der Waals surface area contributed by atoms with Gasteiger partial charge in [-0.2, -0.15) is 0 Å². The summed E-state index contributed by atoms with van der Waals surface area (Å²) in [6.45, 7) is 1.33. The number of likely N-dealkylation sites (tertiary alicyclic amines) is 1. The van der Waals surface area contributed by atoms with E-state index in [0.29, 0.717) is 12.2 Å². The van der Waals surface area contributed by atoms with Crippen molar-refractivity contribution in [1.29, 1.82) is 0 Å². The summed E-state index contributed by atoms with van der Waals surface area (Å²) in [5, 5.41) is 3.92. The fraction of sp³-hybridized carbons (Fsp3) is 0.300. The quantitative estimate of drug-likeness (QED) is 0.741. The summed E-state index contributed by atoms with van der Waals surface area (Å²) in [4.78, 5) is 18.5. The minimum Gasteiger partial charge on any atom is -0.321 e. The molecule has 1 amide bonds. The number of quaternary nitrogens is 1. The Morgan fingerprint density at radius 2 is 2.12 bits per heavy atom. The number of amides is 1. The van der Waals surface area contributed by atoms with E-state index in [1.165, 1.54) is 21.7 Å². The fourth-order valence-corrected chi connectivity index (χ4v) is 4.77. The number of benzene rings is 2. The van der Waals surface area contributed by atoms with Crippen LogP contribution in [0, 0.1) is 5.82 Å². The molecule has 0 radical (unpaired) electrons. The van der Waals surface area contributed by atoms with E-state index in [4.69, 9.17) is 4.98 Å². The van der Waals surface area contributed by atoms with Crippen molar-refractivity contribution in [2.45, 2.75) is 25.3 Å². The molecule has 0 bridgehead atoms. The van der Waals surface area contributed by atoms with Crippen LogP contribution in [0.2, 0.25) is 0 Å². The number of aromatic nitrogens is 1. The van der Waals surface area contributed by atoms with E-state index in [2.05, 4.69) is 11.4 Å². The average Bonchev–Trinajstić information content (AvgIpc) is 3.06. The molecule has 2 atom stereocenters. The maximum atomic E-state index is 13.3. The number of carbonyl (C=O) groups excluding carboxylic acids is 1. The van der Waals surface area contributed by atoms with Crippen LogP contribution >= 0.6 is 11.3 Å². The minimum atomic E-state index is -0.347. The normalized spacial score (nSPS) is 20.2. The van der Waals surface area contributed by atoms with Crippen molar-refractivity contribution >= 4 is 33.1 Å². The first-order valence-electron chi connectivity index (χ1n) is 8.94. The number of hydrogen-bond acceptors (Lipinski definition) is 3. The molecule has 2 N–H and O–H groups in total. The number of nitrogens with one attached hydrogen (secondary N) is 2. The number of carbonyl (C=O) groups is 1. The van der Waals surface area contributed by atoms with Crippen LogP contribution < -0.4 is 10.2 Å². The minimum absolute atomic E-state index is 0.0846. The van der Waals surface area contributed by atoms with E-state index >= 15 is 0 Å². The van der Waals surface area contributed by atoms with Crippen molar-refractivity contribution < 1.29 is 14.1 Å². The molecule has 2 heterocycles. The zero-order valence-electron chi connectivity index (χ0n) is 14.4. The Morgan fingerprint density at radius 1 is 1.23 bits per heavy atom.